The molecule has 0 unspecified atom stereocenters. The van der Waals surface area contributed by atoms with Crippen LogP contribution in [0.2, 0.25) is 0 Å². The summed E-state index contributed by atoms with van der Waals surface area (Å²) in [4.78, 5) is 34.9. The van der Waals surface area contributed by atoms with Crippen LogP contribution in [0.4, 0.5) is 27.8 Å². The number of anilines is 4. The van der Waals surface area contributed by atoms with Crippen LogP contribution in [0.5, 0.6) is 0 Å². The van der Waals surface area contributed by atoms with Crippen LogP contribution >= 0.6 is 0 Å². The molecule has 0 spiro atoms. The van der Waals surface area contributed by atoms with Gasteiger partial charge in [-0.1, -0.05) is 19.3 Å². The quantitative estimate of drug-likeness (QED) is 0.295. The van der Waals surface area contributed by atoms with E-state index in [1.54, 1.807) is 6.20 Å². The summed E-state index contributed by atoms with van der Waals surface area (Å²) in [7, 11) is 0. The molecule has 2 aliphatic heterocycles. The van der Waals surface area contributed by atoms with Crippen molar-refractivity contribution in [1.82, 2.24) is 25.4 Å². The Kier molecular flexibility index (Phi) is 8.50. The van der Waals surface area contributed by atoms with E-state index in [0.717, 1.165) is 87.6 Å². The van der Waals surface area contributed by atoms with Gasteiger partial charge in [-0.25, -0.2) is 9.78 Å². The third-order valence-corrected chi connectivity index (χ3v) is 8.41. The number of benzene rings is 1. The number of pyridine rings is 1. The summed E-state index contributed by atoms with van der Waals surface area (Å²) in [6, 6.07) is 9.95. The maximum absolute atomic E-state index is 13.0. The largest absolute Gasteiger partial charge is 0.447 e. The van der Waals surface area contributed by atoms with Crippen molar-refractivity contribution in [2.45, 2.75) is 69.9 Å². The predicted molar refractivity (Wildman–Crippen MR) is 160 cm³/mol. The molecule has 6 rings (SSSR count). The zero-order valence-corrected chi connectivity index (χ0v) is 23.5. The van der Waals surface area contributed by atoms with Gasteiger partial charge in [-0.3, -0.25) is 14.8 Å². The number of carbonyl (C=O) groups is 2. The van der Waals surface area contributed by atoms with Crippen LogP contribution in [0.3, 0.4) is 0 Å². The first-order chi connectivity index (χ1) is 20.1. The average molecular weight is 561 g/mol. The van der Waals surface area contributed by atoms with Crippen molar-refractivity contribution in [3.8, 4) is 0 Å². The highest BCUT2D eigenvalue weighted by molar-refractivity contribution is 5.95. The third kappa shape index (κ3) is 6.90. The number of ether oxygens (including phenoxy) is 1. The summed E-state index contributed by atoms with van der Waals surface area (Å²) < 4.78 is 5.71. The molecule has 3 fully saturated rings. The Labute approximate surface area is 240 Å². The lowest BCUT2D eigenvalue weighted by molar-refractivity contribution is -0.117. The van der Waals surface area contributed by atoms with Crippen molar-refractivity contribution in [3.63, 3.8) is 0 Å². The number of hydrogen-bond acceptors (Lipinski definition) is 8. The van der Waals surface area contributed by atoms with E-state index in [4.69, 9.17) is 9.72 Å². The number of amides is 2. The molecule has 0 bridgehead atoms. The summed E-state index contributed by atoms with van der Waals surface area (Å²) in [5.41, 5.74) is 2.53. The van der Waals surface area contributed by atoms with Gasteiger partial charge in [-0.2, -0.15) is 5.10 Å². The van der Waals surface area contributed by atoms with Crippen LogP contribution in [-0.4, -0.2) is 77.0 Å². The molecule has 1 aliphatic carbocycles. The number of carbonyl (C=O) groups excluding carboxylic acids is 2. The number of aromatic nitrogens is 3. The van der Waals surface area contributed by atoms with E-state index in [0.29, 0.717) is 23.9 Å². The van der Waals surface area contributed by atoms with Crippen LogP contribution in [0.25, 0.3) is 10.9 Å². The Morgan fingerprint density at radius 1 is 0.976 bits per heavy atom. The Morgan fingerprint density at radius 2 is 1.83 bits per heavy atom. The normalized spacial score (nSPS) is 19.9. The van der Waals surface area contributed by atoms with E-state index in [1.807, 2.05) is 30.3 Å². The van der Waals surface area contributed by atoms with E-state index < -0.39 is 0 Å². The van der Waals surface area contributed by atoms with Gasteiger partial charge in [0.15, 0.2) is 5.82 Å². The number of likely N-dealkylation sites (tertiary alicyclic amines) is 1. The maximum atomic E-state index is 13.0. The highest BCUT2D eigenvalue weighted by Gasteiger charge is 2.30. The first kappa shape index (κ1) is 27.3. The summed E-state index contributed by atoms with van der Waals surface area (Å²) in [6.45, 7) is 3.33. The van der Waals surface area contributed by atoms with Gasteiger partial charge in [-0.05, 0) is 81.9 Å². The molecular weight excluding hydrogens is 520 g/mol. The van der Waals surface area contributed by atoms with Crippen LogP contribution < -0.4 is 20.9 Å². The van der Waals surface area contributed by atoms with Gasteiger partial charge in [0.05, 0.1) is 30.0 Å². The lowest BCUT2D eigenvalue weighted by Crippen LogP contribution is -2.40. The van der Waals surface area contributed by atoms with Crippen LogP contribution in [-0.2, 0) is 9.53 Å². The van der Waals surface area contributed by atoms with Crippen LogP contribution in [0.15, 0.2) is 36.5 Å². The minimum absolute atomic E-state index is 0.0219. The fraction of sp³-hybridized carbons (Fsp3) is 0.533. The van der Waals surface area contributed by atoms with Gasteiger partial charge in [0, 0.05) is 23.7 Å². The molecule has 11 heteroatoms. The van der Waals surface area contributed by atoms with Gasteiger partial charge in [0.25, 0.3) is 0 Å². The summed E-state index contributed by atoms with van der Waals surface area (Å²) in [5, 5.41) is 17.6. The van der Waals surface area contributed by atoms with E-state index >= 15 is 0 Å². The first-order valence-corrected chi connectivity index (χ1v) is 15.0. The topological polar surface area (TPSA) is 128 Å². The number of rotatable bonds is 9. The van der Waals surface area contributed by atoms with Crippen molar-refractivity contribution in [1.29, 1.82) is 0 Å². The molecule has 41 heavy (non-hydrogen) atoms. The van der Waals surface area contributed by atoms with E-state index in [-0.39, 0.29) is 30.7 Å². The monoisotopic (exact) mass is 560 g/mol. The summed E-state index contributed by atoms with van der Waals surface area (Å²) >= 11 is 0. The first-order valence-electron chi connectivity index (χ1n) is 15.0. The number of nitrogens with zero attached hydrogens (tertiary/aromatic N) is 4. The van der Waals surface area contributed by atoms with E-state index in [2.05, 4.69) is 35.9 Å². The molecule has 2 saturated heterocycles. The number of nitrogens with one attached hydrogen (secondary N) is 4. The molecular formula is C30H40N8O3. The lowest BCUT2D eigenvalue weighted by atomic mass is 9.96. The molecule has 4 N–H and O–H groups in total. The number of H-pyrrole nitrogens is 1. The average Bonchev–Trinajstić information content (AvgIpc) is 3.76. The Bertz CT molecular complexity index is 1350. The number of fused-ring (bicyclic) bond motifs is 1. The second kappa shape index (κ2) is 12.8. The fourth-order valence-corrected chi connectivity index (χ4v) is 6.25. The van der Waals surface area contributed by atoms with E-state index in [9.17, 15) is 9.59 Å². The van der Waals surface area contributed by atoms with Crippen molar-refractivity contribution in [2.24, 2.45) is 0 Å². The van der Waals surface area contributed by atoms with Crippen LogP contribution in [0, 0.1) is 0 Å². The molecule has 1 atom stereocenters. The summed E-state index contributed by atoms with van der Waals surface area (Å²) in [5.74, 6) is 1.31. The Morgan fingerprint density at radius 3 is 2.68 bits per heavy atom. The molecule has 0 radical (unpaired) electrons. The Hall–Kier alpha value is -3.86. The zero-order chi connectivity index (χ0) is 28.0. The van der Waals surface area contributed by atoms with Crippen molar-refractivity contribution in [2.75, 3.05) is 48.3 Å². The molecule has 1 aromatic carbocycles. The molecule has 2 aromatic heterocycles. The molecule has 11 nitrogen and oxygen atoms in total. The molecule has 3 aromatic rings. The SMILES string of the molecule is O=C(CN1CCCC1)Nc1ccc(Nc2ccc3[nH]ncc3c2)nc1N1CCC[C@H]1COC(=O)NC1CCCCC1. The summed E-state index contributed by atoms with van der Waals surface area (Å²) in [6.07, 6.45) is 11.1. The number of hydrogen-bond donors (Lipinski definition) is 4. The predicted octanol–water partition coefficient (Wildman–Crippen LogP) is 4.76. The second-order valence-corrected chi connectivity index (χ2v) is 11.5. The van der Waals surface area contributed by atoms with Gasteiger partial charge in [-0.15, -0.1) is 0 Å². The number of alkyl carbamates (subject to hydrolysis) is 1. The van der Waals surface area contributed by atoms with Gasteiger partial charge >= 0.3 is 6.09 Å². The van der Waals surface area contributed by atoms with E-state index in [1.165, 1.54) is 6.42 Å². The van der Waals surface area contributed by atoms with Gasteiger partial charge in [0.1, 0.15) is 12.4 Å². The van der Waals surface area contributed by atoms with Gasteiger partial charge in [0.2, 0.25) is 5.91 Å². The second-order valence-electron chi connectivity index (χ2n) is 11.5. The maximum Gasteiger partial charge on any atom is 0.407 e. The van der Waals surface area contributed by atoms with Crippen molar-refractivity contribution in [3.05, 3.63) is 36.5 Å². The van der Waals surface area contributed by atoms with Gasteiger partial charge < -0.3 is 25.6 Å². The highest BCUT2D eigenvalue weighted by atomic mass is 16.5. The van der Waals surface area contributed by atoms with Crippen molar-refractivity contribution >= 4 is 45.9 Å². The Balaban J connectivity index is 1.18. The highest BCUT2D eigenvalue weighted by Crippen LogP contribution is 2.33. The molecule has 218 valence electrons. The molecule has 2 amide bonds. The number of aromatic amines is 1. The third-order valence-electron chi connectivity index (χ3n) is 8.41. The van der Waals surface area contributed by atoms with Crippen LogP contribution in [0.1, 0.15) is 57.8 Å². The zero-order valence-electron chi connectivity index (χ0n) is 23.5. The lowest BCUT2D eigenvalue weighted by Gasteiger charge is -2.29. The minimum atomic E-state index is -0.346. The smallest absolute Gasteiger partial charge is 0.407 e. The fourth-order valence-electron chi connectivity index (χ4n) is 6.25. The van der Waals surface area contributed by atoms with Crippen molar-refractivity contribution < 1.29 is 14.3 Å². The molecule has 1 saturated carbocycles. The standard InChI is InChI=1S/C30H40N8O3/c39-28(19-37-14-4-5-15-37)34-26-12-13-27(32-23-10-11-25-21(17-23)18-31-36-25)35-29(26)38-16-6-9-24(38)20-41-30(40)33-22-7-2-1-3-8-22/h10-13,17-18,22,24H,1-9,14-16,19-20H2,(H,31,36)(H,32,35)(H,33,40)(H,34,39)/t24-/m0/s1. The minimum Gasteiger partial charge on any atom is -0.447 e. The molecule has 4 heterocycles. The molecule has 3 aliphatic rings.